The third kappa shape index (κ3) is 6.14. The van der Waals surface area contributed by atoms with Gasteiger partial charge in [-0.25, -0.2) is 0 Å². The maximum atomic E-state index is 11.7. The van der Waals surface area contributed by atoms with Gasteiger partial charge in [-0.05, 0) is 12.1 Å². The lowest BCUT2D eigenvalue weighted by Gasteiger charge is -2.44. The molecular weight excluding hydrogens is 400 g/mol. The van der Waals surface area contributed by atoms with E-state index >= 15 is 0 Å². The number of nitro benzene ring substituents is 1. The lowest BCUT2D eigenvalue weighted by atomic mass is 9.88. The first kappa shape index (κ1) is 23.1. The minimum Gasteiger partial charge on any atom is -0.463 e. The Kier molecular flexibility index (Phi) is 7.70. The Morgan fingerprint density at radius 1 is 1.13 bits per heavy atom. The number of nitrogens with zero attached hydrogens (tertiary/aromatic N) is 1. The molecule has 1 aliphatic rings. The van der Waals surface area contributed by atoms with Crippen molar-refractivity contribution in [2.45, 2.75) is 52.2 Å². The van der Waals surface area contributed by atoms with Crippen LogP contribution in [0.2, 0.25) is 0 Å². The largest absolute Gasteiger partial charge is 0.463 e. The zero-order chi connectivity index (χ0) is 22.4. The van der Waals surface area contributed by atoms with Crippen molar-refractivity contribution in [2.24, 2.45) is 5.92 Å². The highest BCUT2D eigenvalue weighted by Gasteiger charge is 2.47. The van der Waals surface area contributed by atoms with Crippen molar-refractivity contribution in [3.8, 4) is 5.75 Å². The molecule has 1 N–H and O–H groups in total. The molecule has 11 nitrogen and oxygen atoms in total. The maximum Gasteiger partial charge on any atom is 0.303 e. The molecule has 11 heteroatoms. The van der Waals surface area contributed by atoms with Crippen molar-refractivity contribution in [3.63, 3.8) is 0 Å². The molecule has 1 fully saturated rings. The van der Waals surface area contributed by atoms with Crippen molar-refractivity contribution in [1.29, 1.82) is 0 Å². The predicted octanol–water partition coefficient (Wildman–Crippen LogP) is 1.33. The molecule has 1 aromatic rings. The topological polar surface area (TPSA) is 143 Å². The Bertz CT molecular complexity index is 794. The van der Waals surface area contributed by atoms with Gasteiger partial charge in [0.2, 0.25) is 12.2 Å². The second-order valence-electron chi connectivity index (χ2n) is 6.87. The molecule has 2 unspecified atom stereocenters. The predicted molar refractivity (Wildman–Crippen MR) is 101 cm³/mol. The molecule has 164 valence electrons. The molecule has 0 bridgehead atoms. The van der Waals surface area contributed by atoms with Crippen LogP contribution in [-0.4, -0.2) is 53.9 Å². The van der Waals surface area contributed by atoms with Crippen LogP contribution in [-0.2, 0) is 28.6 Å². The lowest BCUT2D eigenvalue weighted by Crippen LogP contribution is -2.62. The highest BCUT2D eigenvalue weighted by Crippen LogP contribution is 2.31. The van der Waals surface area contributed by atoms with Gasteiger partial charge in [0.1, 0.15) is 24.6 Å². The fourth-order valence-corrected chi connectivity index (χ4v) is 3.15. The van der Waals surface area contributed by atoms with E-state index in [-0.39, 0.29) is 24.0 Å². The molecule has 5 atom stereocenters. The van der Waals surface area contributed by atoms with Crippen molar-refractivity contribution in [2.75, 3.05) is 6.61 Å². The van der Waals surface area contributed by atoms with Crippen LogP contribution in [0.3, 0.4) is 0 Å². The summed E-state index contributed by atoms with van der Waals surface area (Å²) in [7, 11) is 0. The summed E-state index contributed by atoms with van der Waals surface area (Å²) in [5, 5.41) is 13.5. The first-order valence-corrected chi connectivity index (χ1v) is 9.22. The molecule has 0 radical (unpaired) electrons. The SMILES string of the molecule is CC(=O)NC1[C@H](Oc2ccc([N+](=O)[O-])cc2)OC(COC(C)=O)[C@H](OC(C)=O)[C@@H]1C. The quantitative estimate of drug-likeness (QED) is 0.389. The van der Waals surface area contributed by atoms with E-state index in [4.69, 9.17) is 18.9 Å². The third-order valence-corrected chi connectivity index (χ3v) is 4.48. The Morgan fingerprint density at radius 3 is 2.27 bits per heavy atom. The third-order valence-electron chi connectivity index (χ3n) is 4.48. The number of esters is 2. The van der Waals surface area contributed by atoms with Gasteiger partial charge in [-0.1, -0.05) is 6.92 Å². The molecule has 1 heterocycles. The standard InChI is InChI=1S/C19H24N2O9/c1-10-17(20-11(2)22)19(29-15-7-5-14(6-8-15)21(25)26)30-16(9-27-12(3)23)18(10)28-13(4)24/h5-8,10,16-19H,9H2,1-4H3,(H,20,22)/t10-,16?,17?,18-,19-/m1/s1. The maximum absolute atomic E-state index is 11.7. The van der Waals surface area contributed by atoms with E-state index in [1.807, 2.05) is 0 Å². The number of ether oxygens (including phenoxy) is 4. The number of carbonyl (C=O) groups excluding carboxylic acids is 3. The molecule has 1 aliphatic heterocycles. The van der Waals surface area contributed by atoms with Gasteiger partial charge in [0.15, 0.2) is 0 Å². The average molecular weight is 424 g/mol. The number of nitro groups is 1. The Hall–Kier alpha value is -3.21. The summed E-state index contributed by atoms with van der Waals surface area (Å²) in [6, 6.07) is 4.63. The smallest absolute Gasteiger partial charge is 0.303 e. The van der Waals surface area contributed by atoms with Crippen LogP contribution in [0.1, 0.15) is 27.7 Å². The first-order valence-electron chi connectivity index (χ1n) is 9.22. The number of benzene rings is 1. The minimum absolute atomic E-state index is 0.110. The van der Waals surface area contributed by atoms with Gasteiger partial charge in [0, 0.05) is 38.8 Å². The summed E-state index contributed by atoms with van der Waals surface area (Å²) in [5.74, 6) is -1.64. The van der Waals surface area contributed by atoms with E-state index in [2.05, 4.69) is 5.32 Å². The monoisotopic (exact) mass is 424 g/mol. The van der Waals surface area contributed by atoms with E-state index in [1.165, 1.54) is 45.0 Å². The molecule has 0 saturated carbocycles. The van der Waals surface area contributed by atoms with Crippen LogP contribution >= 0.6 is 0 Å². The summed E-state index contributed by atoms with van der Waals surface area (Å²) in [5.41, 5.74) is -0.110. The molecule has 1 saturated heterocycles. The summed E-state index contributed by atoms with van der Waals surface area (Å²) >= 11 is 0. The van der Waals surface area contributed by atoms with Crippen molar-refractivity contribution in [1.82, 2.24) is 5.32 Å². The van der Waals surface area contributed by atoms with Crippen LogP contribution in [0.15, 0.2) is 24.3 Å². The Morgan fingerprint density at radius 2 is 1.77 bits per heavy atom. The van der Waals surface area contributed by atoms with Crippen LogP contribution in [0.4, 0.5) is 5.69 Å². The van der Waals surface area contributed by atoms with E-state index in [1.54, 1.807) is 6.92 Å². The van der Waals surface area contributed by atoms with Crippen molar-refractivity contribution < 1.29 is 38.3 Å². The van der Waals surface area contributed by atoms with Crippen LogP contribution in [0.5, 0.6) is 5.75 Å². The number of carbonyl (C=O) groups is 3. The van der Waals surface area contributed by atoms with Gasteiger partial charge in [-0.2, -0.15) is 0 Å². The second kappa shape index (κ2) is 10.0. The van der Waals surface area contributed by atoms with Crippen LogP contribution < -0.4 is 10.1 Å². The van der Waals surface area contributed by atoms with Gasteiger partial charge >= 0.3 is 11.9 Å². The zero-order valence-corrected chi connectivity index (χ0v) is 17.0. The number of non-ortho nitro benzene ring substituents is 1. The van der Waals surface area contributed by atoms with Gasteiger partial charge < -0.3 is 24.3 Å². The van der Waals surface area contributed by atoms with Gasteiger partial charge in [0.05, 0.1) is 11.0 Å². The number of hydrogen-bond donors (Lipinski definition) is 1. The number of rotatable bonds is 7. The number of hydrogen-bond acceptors (Lipinski definition) is 9. The fourth-order valence-electron chi connectivity index (χ4n) is 3.15. The molecular formula is C19H24N2O9. The highest BCUT2D eigenvalue weighted by atomic mass is 16.7. The second-order valence-corrected chi connectivity index (χ2v) is 6.87. The number of amides is 1. The molecule has 1 aromatic carbocycles. The average Bonchev–Trinajstić information content (AvgIpc) is 2.65. The Labute approximate surface area is 172 Å². The van der Waals surface area contributed by atoms with E-state index < -0.39 is 47.3 Å². The summed E-state index contributed by atoms with van der Waals surface area (Å²) in [4.78, 5) is 44.8. The molecule has 0 spiro atoms. The summed E-state index contributed by atoms with van der Waals surface area (Å²) < 4.78 is 22.1. The molecule has 0 aromatic heterocycles. The summed E-state index contributed by atoms with van der Waals surface area (Å²) in [6.07, 6.45) is -2.69. The molecule has 2 rings (SSSR count). The van der Waals surface area contributed by atoms with Gasteiger partial charge in [0.25, 0.3) is 5.69 Å². The number of nitrogens with one attached hydrogen (secondary N) is 1. The van der Waals surface area contributed by atoms with Crippen LogP contribution in [0, 0.1) is 16.0 Å². The Balaban J connectivity index is 2.29. The van der Waals surface area contributed by atoms with E-state index in [0.717, 1.165) is 0 Å². The van der Waals surface area contributed by atoms with E-state index in [0.29, 0.717) is 0 Å². The normalized spacial score (nSPS) is 25.7. The highest BCUT2D eigenvalue weighted by molar-refractivity contribution is 5.73. The minimum atomic E-state index is -1.03. The zero-order valence-electron chi connectivity index (χ0n) is 17.0. The van der Waals surface area contributed by atoms with E-state index in [9.17, 15) is 24.5 Å². The van der Waals surface area contributed by atoms with Gasteiger partial charge in [-0.15, -0.1) is 0 Å². The summed E-state index contributed by atoms with van der Waals surface area (Å²) in [6.45, 7) is 5.34. The van der Waals surface area contributed by atoms with Gasteiger partial charge in [-0.3, -0.25) is 24.5 Å². The molecule has 1 amide bonds. The fraction of sp³-hybridized carbons (Fsp3) is 0.526. The molecule has 0 aliphatic carbocycles. The lowest BCUT2D eigenvalue weighted by molar-refractivity contribution is -0.384. The molecule has 30 heavy (non-hydrogen) atoms. The van der Waals surface area contributed by atoms with Crippen LogP contribution in [0.25, 0.3) is 0 Å². The first-order chi connectivity index (χ1) is 14.1. The van der Waals surface area contributed by atoms with Crippen molar-refractivity contribution in [3.05, 3.63) is 34.4 Å². The van der Waals surface area contributed by atoms with Crippen molar-refractivity contribution >= 4 is 23.5 Å².